The Kier molecular flexibility index (Phi) is 3.32. The standard InChI is InChI=1S/C11H9F3N4O/c1-6-15-17-10(18-16-6)8-5-7(11(12,13)14)3-4-9(8)19-2/h3-5H,1-2H3. The lowest BCUT2D eigenvalue weighted by Crippen LogP contribution is -2.06. The topological polar surface area (TPSA) is 60.8 Å². The molecule has 2 aromatic rings. The van der Waals surface area contributed by atoms with Gasteiger partial charge < -0.3 is 4.74 Å². The van der Waals surface area contributed by atoms with Crippen molar-refractivity contribution in [2.45, 2.75) is 13.1 Å². The Morgan fingerprint density at radius 1 is 1.05 bits per heavy atom. The molecule has 8 heteroatoms. The number of hydrogen-bond acceptors (Lipinski definition) is 5. The summed E-state index contributed by atoms with van der Waals surface area (Å²) in [4.78, 5) is 0. The normalized spacial score (nSPS) is 11.4. The highest BCUT2D eigenvalue weighted by atomic mass is 19.4. The van der Waals surface area contributed by atoms with Crippen LogP contribution in [0.15, 0.2) is 18.2 Å². The van der Waals surface area contributed by atoms with E-state index in [-0.39, 0.29) is 17.1 Å². The van der Waals surface area contributed by atoms with Crippen LogP contribution in [-0.2, 0) is 6.18 Å². The number of ether oxygens (including phenoxy) is 1. The second-order valence-corrected chi connectivity index (χ2v) is 3.68. The van der Waals surface area contributed by atoms with E-state index in [4.69, 9.17) is 4.74 Å². The monoisotopic (exact) mass is 270 g/mol. The van der Waals surface area contributed by atoms with Gasteiger partial charge in [0.2, 0.25) is 5.82 Å². The summed E-state index contributed by atoms with van der Waals surface area (Å²) in [5.41, 5.74) is -0.718. The highest BCUT2D eigenvalue weighted by molar-refractivity contribution is 5.64. The average Bonchev–Trinajstić information content (AvgIpc) is 2.38. The Bertz CT molecular complexity index is 583. The van der Waals surface area contributed by atoms with Crippen LogP contribution in [-0.4, -0.2) is 27.5 Å². The van der Waals surface area contributed by atoms with Gasteiger partial charge in [-0.25, -0.2) is 0 Å². The van der Waals surface area contributed by atoms with Gasteiger partial charge >= 0.3 is 6.18 Å². The van der Waals surface area contributed by atoms with E-state index in [2.05, 4.69) is 20.4 Å². The molecule has 0 unspecified atom stereocenters. The van der Waals surface area contributed by atoms with Crippen molar-refractivity contribution < 1.29 is 17.9 Å². The van der Waals surface area contributed by atoms with Gasteiger partial charge in [-0.2, -0.15) is 13.2 Å². The molecule has 0 bridgehead atoms. The van der Waals surface area contributed by atoms with Gasteiger partial charge in [-0.15, -0.1) is 20.4 Å². The minimum atomic E-state index is -4.45. The number of hydrogen-bond donors (Lipinski definition) is 0. The largest absolute Gasteiger partial charge is 0.496 e. The Labute approximate surface area is 106 Å². The number of aryl methyl sites for hydroxylation is 1. The number of halogens is 3. The van der Waals surface area contributed by atoms with Crippen molar-refractivity contribution in [3.8, 4) is 17.1 Å². The quantitative estimate of drug-likeness (QED) is 0.837. The van der Waals surface area contributed by atoms with Crippen LogP contribution in [0.3, 0.4) is 0 Å². The molecule has 0 radical (unpaired) electrons. The molecule has 0 atom stereocenters. The van der Waals surface area contributed by atoms with Crippen molar-refractivity contribution in [2.75, 3.05) is 7.11 Å². The lowest BCUT2D eigenvalue weighted by Gasteiger charge is -2.11. The SMILES string of the molecule is COc1ccc(C(F)(F)F)cc1-c1nnc(C)nn1. The second-order valence-electron chi connectivity index (χ2n) is 3.68. The summed E-state index contributed by atoms with van der Waals surface area (Å²) in [7, 11) is 1.35. The number of benzene rings is 1. The van der Waals surface area contributed by atoms with Gasteiger partial charge in [0.25, 0.3) is 0 Å². The summed E-state index contributed by atoms with van der Waals surface area (Å²) >= 11 is 0. The summed E-state index contributed by atoms with van der Waals surface area (Å²) in [6.07, 6.45) is -4.45. The minimum absolute atomic E-state index is 0.0199. The first kappa shape index (κ1) is 13.2. The molecule has 100 valence electrons. The smallest absolute Gasteiger partial charge is 0.416 e. The Hall–Kier alpha value is -2.25. The first-order valence-electron chi connectivity index (χ1n) is 5.21. The van der Waals surface area contributed by atoms with Gasteiger partial charge in [-0.1, -0.05) is 0 Å². The van der Waals surface area contributed by atoms with E-state index in [1.165, 1.54) is 13.2 Å². The fourth-order valence-corrected chi connectivity index (χ4v) is 1.45. The summed E-state index contributed by atoms with van der Waals surface area (Å²) in [6.45, 7) is 1.58. The predicted octanol–water partition coefficient (Wildman–Crippen LogP) is 2.27. The third kappa shape index (κ3) is 2.78. The van der Waals surface area contributed by atoms with Crippen LogP contribution in [0.25, 0.3) is 11.4 Å². The Balaban J connectivity index is 2.56. The highest BCUT2D eigenvalue weighted by Crippen LogP contribution is 2.35. The van der Waals surface area contributed by atoms with E-state index in [1.54, 1.807) is 6.92 Å². The van der Waals surface area contributed by atoms with Crippen molar-refractivity contribution in [1.82, 2.24) is 20.4 Å². The third-order valence-corrected chi connectivity index (χ3v) is 2.35. The molecule has 19 heavy (non-hydrogen) atoms. The maximum Gasteiger partial charge on any atom is 0.416 e. The molecule has 0 amide bonds. The number of nitrogens with zero attached hydrogens (tertiary/aromatic N) is 4. The van der Waals surface area contributed by atoms with Gasteiger partial charge in [0.15, 0.2) is 5.82 Å². The van der Waals surface area contributed by atoms with Gasteiger partial charge in [0.05, 0.1) is 18.2 Å². The van der Waals surface area contributed by atoms with Crippen LogP contribution in [0.1, 0.15) is 11.4 Å². The second kappa shape index (κ2) is 4.79. The molecule has 1 heterocycles. The average molecular weight is 270 g/mol. The molecule has 1 aromatic carbocycles. The molecule has 0 fully saturated rings. The van der Waals surface area contributed by atoms with E-state index >= 15 is 0 Å². The summed E-state index contributed by atoms with van der Waals surface area (Å²) in [6, 6.07) is 3.05. The van der Waals surface area contributed by atoms with E-state index in [9.17, 15) is 13.2 Å². The number of alkyl halides is 3. The van der Waals surface area contributed by atoms with Crippen LogP contribution >= 0.6 is 0 Å². The van der Waals surface area contributed by atoms with Crippen LogP contribution in [0.4, 0.5) is 13.2 Å². The molecule has 0 aliphatic rings. The summed E-state index contributed by atoms with van der Waals surface area (Å²) < 4.78 is 43.0. The fourth-order valence-electron chi connectivity index (χ4n) is 1.45. The maximum atomic E-state index is 12.7. The van der Waals surface area contributed by atoms with E-state index < -0.39 is 11.7 Å². The van der Waals surface area contributed by atoms with Gasteiger partial charge in [-0.3, -0.25) is 0 Å². The zero-order chi connectivity index (χ0) is 14.0. The van der Waals surface area contributed by atoms with Crippen molar-refractivity contribution in [3.05, 3.63) is 29.6 Å². The molecule has 0 aliphatic heterocycles. The van der Waals surface area contributed by atoms with Crippen molar-refractivity contribution in [3.63, 3.8) is 0 Å². The van der Waals surface area contributed by atoms with Crippen LogP contribution in [0.5, 0.6) is 5.75 Å². The molecule has 0 saturated carbocycles. The first-order valence-corrected chi connectivity index (χ1v) is 5.21. The summed E-state index contributed by atoms with van der Waals surface area (Å²) in [5, 5.41) is 14.7. The molecule has 0 N–H and O–H groups in total. The fraction of sp³-hybridized carbons (Fsp3) is 0.273. The molecule has 1 aromatic heterocycles. The lowest BCUT2D eigenvalue weighted by molar-refractivity contribution is -0.137. The lowest BCUT2D eigenvalue weighted by atomic mass is 10.1. The van der Waals surface area contributed by atoms with E-state index in [0.717, 1.165) is 12.1 Å². The molecule has 0 aliphatic carbocycles. The van der Waals surface area contributed by atoms with Crippen molar-refractivity contribution in [1.29, 1.82) is 0 Å². The Morgan fingerprint density at radius 3 is 2.21 bits per heavy atom. The van der Waals surface area contributed by atoms with Crippen LogP contribution < -0.4 is 4.74 Å². The Morgan fingerprint density at radius 2 is 1.68 bits per heavy atom. The molecular formula is C11H9F3N4O. The molecule has 2 rings (SSSR count). The number of rotatable bonds is 2. The molecule has 5 nitrogen and oxygen atoms in total. The van der Waals surface area contributed by atoms with Crippen molar-refractivity contribution in [2.24, 2.45) is 0 Å². The minimum Gasteiger partial charge on any atom is -0.496 e. The van der Waals surface area contributed by atoms with Gasteiger partial charge in [-0.05, 0) is 25.1 Å². The molecule has 0 saturated heterocycles. The number of methoxy groups -OCH3 is 1. The zero-order valence-electron chi connectivity index (χ0n) is 10.1. The first-order chi connectivity index (χ1) is 8.91. The zero-order valence-corrected chi connectivity index (χ0v) is 10.1. The van der Waals surface area contributed by atoms with E-state index in [1.807, 2.05) is 0 Å². The van der Waals surface area contributed by atoms with E-state index in [0.29, 0.717) is 5.82 Å². The van der Waals surface area contributed by atoms with Crippen LogP contribution in [0, 0.1) is 6.92 Å². The molecule has 0 spiro atoms. The third-order valence-electron chi connectivity index (χ3n) is 2.35. The summed E-state index contributed by atoms with van der Waals surface area (Å²) in [5.74, 6) is 0.531. The predicted molar refractivity (Wildman–Crippen MR) is 59.3 cm³/mol. The van der Waals surface area contributed by atoms with Gasteiger partial charge in [0.1, 0.15) is 5.75 Å². The maximum absolute atomic E-state index is 12.7. The highest BCUT2D eigenvalue weighted by Gasteiger charge is 2.31. The molecular weight excluding hydrogens is 261 g/mol. The van der Waals surface area contributed by atoms with Crippen LogP contribution in [0.2, 0.25) is 0 Å². The number of aromatic nitrogens is 4. The van der Waals surface area contributed by atoms with Crippen molar-refractivity contribution >= 4 is 0 Å². The van der Waals surface area contributed by atoms with Gasteiger partial charge in [0, 0.05) is 0 Å².